The van der Waals surface area contributed by atoms with Crippen LogP contribution in [-0.2, 0) is 5.60 Å². The second-order valence-corrected chi connectivity index (χ2v) is 4.70. The molecule has 0 spiro atoms. The predicted octanol–water partition coefficient (Wildman–Crippen LogP) is 2.68. The van der Waals surface area contributed by atoms with E-state index in [0.29, 0.717) is 0 Å². The highest BCUT2D eigenvalue weighted by Crippen LogP contribution is 2.34. The number of rotatable bonds is 2. The Morgan fingerprint density at radius 3 is 1.93 bits per heavy atom. The van der Waals surface area contributed by atoms with E-state index in [2.05, 4.69) is 5.92 Å². The van der Waals surface area contributed by atoms with Gasteiger partial charge < -0.3 is 5.11 Å². The molecule has 0 saturated carbocycles. The van der Waals surface area contributed by atoms with Crippen LogP contribution in [0.3, 0.4) is 0 Å². The Bertz CT molecular complexity index is 400. The zero-order valence-electron chi connectivity index (χ0n) is 7.31. The summed E-state index contributed by atoms with van der Waals surface area (Å²) in [5.41, 5.74) is -1.25. The molecular formula is C11H8OS2. The van der Waals surface area contributed by atoms with Gasteiger partial charge in [-0.15, -0.1) is 29.1 Å². The van der Waals surface area contributed by atoms with E-state index in [4.69, 9.17) is 6.42 Å². The summed E-state index contributed by atoms with van der Waals surface area (Å²) in [5.74, 6) is 2.46. The van der Waals surface area contributed by atoms with Gasteiger partial charge in [-0.25, -0.2) is 0 Å². The molecule has 1 N–H and O–H groups in total. The van der Waals surface area contributed by atoms with Gasteiger partial charge in [0, 0.05) is 0 Å². The molecule has 0 aliphatic rings. The summed E-state index contributed by atoms with van der Waals surface area (Å²) >= 11 is 2.93. The lowest BCUT2D eigenvalue weighted by atomic mass is 10.0. The molecule has 1 nitrogen and oxygen atoms in total. The number of hydrogen-bond acceptors (Lipinski definition) is 3. The summed E-state index contributed by atoms with van der Waals surface area (Å²) in [6, 6.07) is 7.47. The van der Waals surface area contributed by atoms with Gasteiger partial charge in [0.2, 0.25) is 0 Å². The maximum atomic E-state index is 10.3. The van der Waals surface area contributed by atoms with E-state index < -0.39 is 5.60 Å². The van der Waals surface area contributed by atoms with Crippen molar-refractivity contribution in [3.63, 3.8) is 0 Å². The van der Waals surface area contributed by atoms with Crippen LogP contribution in [0, 0.1) is 12.3 Å². The van der Waals surface area contributed by atoms with Crippen molar-refractivity contribution in [2.75, 3.05) is 0 Å². The van der Waals surface area contributed by atoms with Crippen molar-refractivity contribution >= 4 is 22.7 Å². The molecule has 14 heavy (non-hydrogen) atoms. The first-order valence-electron chi connectivity index (χ1n) is 4.05. The average molecular weight is 220 g/mol. The monoisotopic (exact) mass is 220 g/mol. The number of aliphatic hydroxyl groups is 1. The van der Waals surface area contributed by atoms with Gasteiger partial charge >= 0.3 is 0 Å². The fourth-order valence-electron chi connectivity index (χ4n) is 1.23. The van der Waals surface area contributed by atoms with E-state index in [1.54, 1.807) is 0 Å². The predicted molar refractivity (Wildman–Crippen MR) is 60.5 cm³/mol. The molecule has 2 heterocycles. The summed E-state index contributed by atoms with van der Waals surface area (Å²) in [4.78, 5) is 1.59. The van der Waals surface area contributed by atoms with Crippen LogP contribution < -0.4 is 0 Å². The van der Waals surface area contributed by atoms with Crippen LogP contribution >= 0.6 is 22.7 Å². The van der Waals surface area contributed by atoms with Gasteiger partial charge in [0.15, 0.2) is 5.60 Å². The Morgan fingerprint density at radius 2 is 1.64 bits per heavy atom. The smallest absolute Gasteiger partial charge is 0.195 e. The first-order valence-corrected chi connectivity index (χ1v) is 5.81. The van der Waals surface area contributed by atoms with Gasteiger partial charge in [0.1, 0.15) is 0 Å². The minimum atomic E-state index is -1.25. The highest BCUT2D eigenvalue weighted by molar-refractivity contribution is 7.11. The SMILES string of the molecule is C#CC(O)(c1cccs1)c1cccs1. The second-order valence-electron chi connectivity index (χ2n) is 2.81. The van der Waals surface area contributed by atoms with E-state index in [9.17, 15) is 5.11 Å². The number of thiophene rings is 2. The van der Waals surface area contributed by atoms with Crippen LogP contribution in [0.2, 0.25) is 0 Å². The van der Waals surface area contributed by atoms with Crippen molar-refractivity contribution in [3.8, 4) is 12.3 Å². The Hall–Kier alpha value is -1.08. The Balaban J connectivity index is 2.52. The van der Waals surface area contributed by atoms with Crippen LogP contribution in [0.1, 0.15) is 9.75 Å². The van der Waals surface area contributed by atoms with Gasteiger partial charge in [-0.05, 0) is 22.9 Å². The molecule has 0 fully saturated rings. The summed E-state index contributed by atoms with van der Waals surface area (Å²) in [6.07, 6.45) is 5.40. The van der Waals surface area contributed by atoms with Gasteiger partial charge in [0.05, 0.1) is 9.75 Å². The van der Waals surface area contributed by atoms with Crippen LogP contribution in [0.5, 0.6) is 0 Å². The lowest BCUT2D eigenvalue weighted by molar-refractivity contribution is 0.153. The van der Waals surface area contributed by atoms with E-state index in [1.807, 2.05) is 35.0 Å². The van der Waals surface area contributed by atoms with Crippen molar-refractivity contribution in [2.24, 2.45) is 0 Å². The van der Waals surface area contributed by atoms with Gasteiger partial charge in [-0.2, -0.15) is 0 Å². The fourth-order valence-corrected chi connectivity index (χ4v) is 2.90. The summed E-state index contributed by atoms with van der Waals surface area (Å²) in [5, 5.41) is 14.1. The molecule has 0 saturated heterocycles. The maximum absolute atomic E-state index is 10.3. The summed E-state index contributed by atoms with van der Waals surface area (Å²) in [6.45, 7) is 0. The molecule has 0 radical (unpaired) electrons. The quantitative estimate of drug-likeness (QED) is 0.771. The first-order chi connectivity index (χ1) is 6.77. The molecule has 0 amide bonds. The summed E-state index contributed by atoms with van der Waals surface area (Å²) in [7, 11) is 0. The minimum absolute atomic E-state index is 0.794. The molecular weight excluding hydrogens is 212 g/mol. The molecule has 3 heteroatoms. The third-order valence-electron chi connectivity index (χ3n) is 1.96. The minimum Gasteiger partial charge on any atom is -0.368 e. The third kappa shape index (κ3) is 1.38. The second kappa shape index (κ2) is 3.58. The molecule has 0 aromatic carbocycles. The molecule has 0 aliphatic carbocycles. The first kappa shape index (κ1) is 9.47. The lowest BCUT2D eigenvalue weighted by Gasteiger charge is -2.18. The zero-order valence-corrected chi connectivity index (χ0v) is 8.94. The van der Waals surface area contributed by atoms with E-state index in [1.165, 1.54) is 22.7 Å². The van der Waals surface area contributed by atoms with Gasteiger partial charge in [-0.3, -0.25) is 0 Å². The van der Waals surface area contributed by atoms with E-state index in [-0.39, 0.29) is 0 Å². The molecule has 0 atom stereocenters. The average Bonchev–Trinajstić information content (AvgIpc) is 2.88. The van der Waals surface area contributed by atoms with E-state index >= 15 is 0 Å². The normalized spacial score (nSPS) is 11.1. The maximum Gasteiger partial charge on any atom is 0.195 e. The van der Waals surface area contributed by atoms with Crippen molar-refractivity contribution in [3.05, 3.63) is 44.8 Å². The molecule has 2 aromatic heterocycles. The molecule has 0 aliphatic heterocycles. The van der Waals surface area contributed by atoms with Crippen molar-refractivity contribution in [1.82, 2.24) is 0 Å². The van der Waals surface area contributed by atoms with Crippen LogP contribution in [0.4, 0.5) is 0 Å². The molecule has 2 aromatic rings. The molecule has 0 bridgehead atoms. The largest absolute Gasteiger partial charge is 0.368 e. The summed E-state index contributed by atoms with van der Waals surface area (Å²) < 4.78 is 0. The van der Waals surface area contributed by atoms with Gasteiger partial charge in [-0.1, -0.05) is 18.1 Å². The number of terminal acetylenes is 1. The van der Waals surface area contributed by atoms with E-state index in [0.717, 1.165) is 9.75 Å². The molecule has 0 unspecified atom stereocenters. The third-order valence-corrected chi connectivity index (χ3v) is 3.92. The Kier molecular flexibility index (Phi) is 2.42. The molecule has 70 valence electrons. The topological polar surface area (TPSA) is 20.2 Å². The highest BCUT2D eigenvalue weighted by Gasteiger charge is 2.31. The van der Waals surface area contributed by atoms with Crippen molar-refractivity contribution < 1.29 is 5.11 Å². The van der Waals surface area contributed by atoms with Gasteiger partial charge in [0.25, 0.3) is 0 Å². The van der Waals surface area contributed by atoms with Crippen molar-refractivity contribution in [1.29, 1.82) is 0 Å². The number of hydrogen-bond donors (Lipinski definition) is 1. The van der Waals surface area contributed by atoms with Crippen molar-refractivity contribution in [2.45, 2.75) is 5.60 Å². The van der Waals surface area contributed by atoms with Crippen LogP contribution in [-0.4, -0.2) is 5.11 Å². The fraction of sp³-hybridized carbons (Fsp3) is 0.0909. The highest BCUT2D eigenvalue weighted by atomic mass is 32.1. The van der Waals surface area contributed by atoms with Crippen LogP contribution in [0.25, 0.3) is 0 Å². The Labute approximate surface area is 90.7 Å². The molecule has 2 rings (SSSR count). The zero-order chi connectivity index (χ0) is 10.0. The standard InChI is InChI=1S/C11H8OS2/c1-2-11(12,9-5-3-7-13-9)10-6-4-8-14-10/h1,3-8,12H. The van der Waals surface area contributed by atoms with Crippen LogP contribution in [0.15, 0.2) is 35.0 Å². The Morgan fingerprint density at radius 1 is 1.14 bits per heavy atom. The lowest BCUT2D eigenvalue weighted by Crippen LogP contribution is -2.21.